The summed E-state index contributed by atoms with van der Waals surface area (Å²) in [6.07, 6.45) is 1.27. The molecule has 0 saturated heterocycles. The number of nitrogens with one attached hydrogen (secondary N) is 1. The predicted molar refractivity (Wildman–Crippen MR) is 139 cm³/mol. The summed E-state index contributed by atoms with van der Waals surface area (Å²) in [5, 5.41) is 4.15. The van der Waals surface area contributed by atoms with Gasteiger partial charge in [-0.15, -0.1) is 0 Å². The molecule has 3 rings (SSSR count). The monoisotopic (exact) mass is 496 g/mol. The van der Waals surface area contributed by atoms with Gasteiger partial charge in [-0.05, 0) is 42.2 Å². The summed E-state index contributed by atoms with van der Waals surface area (Å²) in [5.41, 5.74) is 2.48. The van der Waals surface area contributed by atoms with Crippen molar-refractivity contribution < 1.29 is 9.59 Å². The van der Waals surface area contributed by atoms with Crippen molar-refractivity contribution in [1.82, 2.24) is 10.2 Å². The van der Waals surface area contributed by atoms with Crippen molar-refractivity contribution in [3.63, 3.8) is 0 Å². The van der Waals surface area contributed by atoms with E-state index in [0.29, 0.717) is 16.5 Å². The van der Waals surface area contributed by atoms with Crippen LogP contribution in [0.3, 0.4) is 0 Å². The minimum Gasteiger partial charge on any atom is -0.352 e. The Morgan fingerprint density at radius 3 is 2.00 bits per heavy atom. The Kier molecular flexibility index (Phi) is 9.55. The fourth-order valence-corrected chi connectivity index (χ4v) is 4.11. The Bertz CT molecular complexity index is 1100. The highest BCUT2D eigenvalue weighted by Crippen LogP contribution is 2.23. The van der Waals surface area contributed by atoms with Gasteiger partial charge in [0, 0.05) is 29.1 Å². The Hall–Kier alpha value is -2.82. The second-order valence-electron chi connectivity index (χ2n) is 8.40. The maximum atomic E-state index is 13.7. The van der Waals surface area contributed by atoms with Crippen LogP contribution in [0.4, 0.5) is 0 Å². The lowest BCUT2D eigenvalue weighted by Gasteiger charge is -2.32. The van der Waals surface area contributed by atoms with Gasteiger partial charge < -0.3 is 10.2 Å². The molecule has 0 aliphatic heterocycles. The molecule has 0 unspecified atom stereocenters. The molecule has 0 fully saturated rings. The maximum absolute atomic E-state index is 13.7. The third-order valence-electron chi connectivity index (χ3n) is 5.87. The van der Waals surface area contributed by atoms with Crippen LogP contribution in [0.5, 0.6) is 0 Å². The van der Waals surface area contributed by atoms with Crippen molar-refractivity contribution in [3.8, 4) is 0 Å². The summed E-state index contributed by atoms with van der Waals surface area (Å²) in [6.45, 7) is 4.19. The third kappa shape index (κ3) is 7.09. The quantitative estimate of drug-likeness (QED) is 0.369. The molecule has 1 N–H and O–H groups in total. The summed E-state index contributed by atoms with van der Waals surface area (Å²) in [7, 11) is 0. The van der Waals surface area contributed by atoms with E-state index in [1.807, 2.05) is 80.6 Å². The van der Waals surface area contributed by atoms with Crippen molar-refractivity contribution >= 4 is 35.0 Å². The topological polar surface area (TPSA) is 49.4 Å². The fourth-order valence-electron chi connectivity index (χ4n) is 3.71. The molecular weight excluding hydrogens is 467 g/mol. The summed E-state index contributed by atoms with van der Waals surface area (Å²) in [6, 6.07) is 23.7. The molecule has 0 saturated carbocycles. The van der Waals surface area contributed by atoms with Gasteiger partial charge >= 0.3 is 0 Å². The zero-order valence-electron chi connectivity index (χ0n) is 19.5. The average Bonchev–Trinajstić information content (AvgIpc) is 2.84. The summed E-state index contributed by atoms with van der Waals surface area (Å²) < 4.78 is 0. The maximum Gasteiger partial charge on any atom is 0.243 e. The number of rotatable bonds is 10. The van der Waals surface area contributed by atoms with Gasteiger partial charge in [0.05, 0.1) is 6.42 Å². The first-order valence-electron chi connectivity index (χ1n) is 11.5. The van der Waals surface area contributed by atoms with Crippen LogP contribution in [0.25, 0.3) is 0 Å². The van der Waals surface area contributed by atoms with E-state index in [4.69, 9.17) is 23.2 Å². The zero-order chi connectivity index (χ0) is 24.5. The van der Waals surface area contributed by atoms with Crippen LogP contribution >= 0.6 is 23.2 Å². The van der Waals surface area contributed by atoms with E-state index in [2.05, 4.69) is 5.32 Å². The molecule has 178 valence electrons. The van der Waals surface area contributed by atoms with Gasteiger partial charge in [-0.2, -0.15) is 0 Å². The largest absolute Gasteiger partial charge is 0.352 e. The number of carbonyl (C=O) groups excluding carboxylic acids is 2. The lowest BCUT2D eigenvalue weighted by molar-refractivity contribution is -0.141. The van der Waals surface area contributed by atoms with Gasteiger partial charge in [0.15, 0.2) is 0 Å². The summed E-state index contributed by atoms with van der Waals surface area (Å²) in [4.78, 5) is 28.8. The van der Waals surface area contributed by atoms with Gasteiger partial charge in [0.2, 0.25) is 11.8 Å². The molecule has 3 aromatic carbocycles. The van der Waals surface area contributed by atoms with E-state index in [1.165, 1.54) is 0 Å². The second-order valence-corrected chi connectivity index (χ2v) is 9.22. The van der Waals surface area contributed by atoms with Crippen molar-refractivity contribution in [1.29, 1.82) is 0 Å². The molecule has 0 heterocycles. The lowest BCUT2D eigenvalue weighted by Crippen LogP contribution is -2.52. The molecule has 6 heteroatoms. The number of halogens is 2. The first kappa shape index (κ1) is 25.8. The zero-order valence-corrected chi connectivity index (χ0v) is 21.0. The number of carbonyl (C=O) groups is 2. The number of benzene rings is 3. The fraction of sp³-hybridized carbons (Fsp3) is 0.286. The highest BCUT2D eigenvalue weighted by molar-refractivity contribution is 6.31. The SMILES string of the molecule is CC[C@@H](C)NC(=O)[C@@H](Cc1ccccc1)N(Cc1ccccc1Cl)C(=O)Cc1ccccc1Cl. The molecule has 0 aliphatic rings. The Morgan fingerprint density at radius 2 is 1.41 bits per heavy atom. The van der Waals surface area contributed by atoms with Crippen LogP contribution in [0, 0.1) is 0 Å². The first-order valence-corrected chi connectivity index (χ1v) is 12.2. The minimum absolute atomic E-state index is 0.00777. The van der Waals surface area contributed by atoms with Crippen molar-refractivity contribution in [2.75, 3.05) is 0 Å². The molecule has 3 aromatic rings. The van der Waals surface area contributed by atoms with Crippen LogP contribution in [-0.2, 0) is 29.0 Å². The van der Waals surface area contributed by atoms with Gasteiger partial charge in [0.25, 0.3) is 0 Å². The van der Waals surface area contributed by atoms with Crippen LogP contribution in [-0.4, -0.2) is 28.8 Å². The van der Waals surface area contributed by atoms with Crippen LogP contribution in [0.15, 0.2) is 78.9 Å². The molecule has 4 nitrogen and oxygen atoms in total. The van der Waals surface area contributed by atoms with E-state index in [1.54, 1.807) is 17.0 Å². The summed E-state index contributed by atoms with van der Waals surface area (Å²) >= 11 is 12.8. The van der Waals surface area contributed by atoms with Gasteiger partial charge in [0.1, 0.15) is 6.04 Å². The molecule has 2 atom stereocenters. The Balaban J connectivity index is 2.00. The van der Waals surface area contributed by atoms with Crippen LogP contribution < -0.4 is 5.32 Å². The molecule has 34 heavy (non-hydrogen) atoms. The predicted octanol–water partition coefficient (Wildman–Crippen LogP) is 6.09. The minimum atomic E-state index is -0.706. The molecule has 0 aliphatic carbocycles. The smallest absolute Gasteiger partial charge is 0.243 e. The van der Waals surface area contributed by atoms with E-state index >= 15 is 0 Å². The van der Waals surface area contributed by atoms with Crippen LogP contribution in [0.1, 0.15) is 37.0 Å². The Labute approximate surface area is 211 Å². The molecular formula is C28H30Cl2N2O2. The molecule has 0 aromatic heterocycles. The first-order chi connectivity index (χ1) is 16.4. The van der Waals surface area contributed by atoms with Crippen molar-refractivity contribution in [2.24, 2.45) is 0 Å². The van der Waals surface area contributed by atoms with Crippen molar-refractivity contribution in [2.45, 2.75) is 51.7 Å². The number of amides is 2. The number of nitrogens with zero attached hydrogens (tertiary/aromatic N) is 1. The third-order valence-corrected chi connectivity index (χ3v) is 6.61. The number of hydrogen-bond donors (Lipinski definition) is 1. The second kappa shape index (κ2) is 12.6. The van der Waals surface area contributed by atoms with Gasteiger partial charge in [-0.3, -0.25) is 9.59 Å². The van der Waals surface area contributed by atoms with E-state index in [-0.39, 0.29) is 30.8 Å². The molecule has 2 amide bonds. The van der Waals surface area contributed by atoms with Crippen molar-refractivity contribution in [3.05, 3.63) is 106 Å². The molecule has 0 spiro atoms. The van der Waals surface area contributed by atoms with Gasteiger partial charge in [-0.25, -0.2) is 0 Å². The lowest BCUT2D eigenvalue weighted by atomic mass is 10.0. The average molecular weight is 497 g/mol. The number of hydrogen-bond acceptors (Lipinski definition) is 2. The standard InChI is InChI=1S/C28H30Cl2N2O2/c1-3-20(2)31-28(34)26(17-21-11-5-4-6-12-21)32(19-23-14-8-10-16-25(23)30)27(33)18-22-13-7-9-15-24(22)29/h4-16,20,26H,3,17-19H2,1-2H3,(H,31,34)/t20-,26-/m1/s1. The van der Waals surface area contributed by atoms with Gasteiger partial charge in [-0.1, -0.05) is 96.9 Å². The van der Waals surface area contributed by atoms with Crippen LogP contribution in [0.2, 0.25) is 10.0 Å². The molecule has 0 radical (unpaired) electrons. The summed E-state index contributed by atoms with van der Waals surface area (Å²) in [5.74, 6) is -0.369. The highest BCUT2D eigenvalue weighted by atomic mass is 35.5. The van der Waals surface area contributed by atoms with E-state index in [9.17, 15) is 9.59 Å². The normalized spacial score (nSPS) is 12.6. The van der Waals surface area contributed by atoms with E-state index in [0.717, 1.165) is 23.1 Å². The molecule has 0 bridgehead atoms. The Morgan fingerprint density at radius 1 is 0.853 bits per heavy atom. The van der Waals surface area contributed by atoms with E-state index < -0.39 is 6.04 Å². The highest BCUT2D eigenvalue weighted by Gasteiger charge is 2.31.